The van der Waals surface area contributed by atoms with Gasteiger partial charge in [-0.1, -0.05) is 0 Å². The van der Waals surface area contributed by atoms with Crippen LogP contribution in [0.25, 0.3) is 11.0 Å². The predicted molar refractivity (Wildman–Crippen MR) is 92.3 cm³/mol. The lowest BCUT2D eigenvalue weighted by molar-refractivity contribution is -0.114. The number of benzene rings is 2. The Bertz CT molecular complexity index is 1090. The Morgan fingerprint density at radius 2 is 1.78 bits per heavy atom. The lowest BCUT2D eigenvalue weighted by Gasteiger charge is -2.09. The molecule has 2 aromatic carbocycles. The normalized spacial score (nSPS) is 10.6. The first-order valence-electron chi connectivity index (χ1n) is 7.79. The molecule has 8 heteroatoms. The number of amides is 1. The molecule has 0 fully saturated rings. The van der Waals surface area contributed by atoms with Gasteiger partial charge in [-0.25, -0.2) is 18.4 Å². The molecule has 1 N–H and O–H groups in total. The van der Waals surface area contributed by atoms with Crippen LogP contribution in [0.5, 0.6) is 0 Å². The molecule has 0 atom stereocenters. The largest absolute Gasteiger partial charge is 0.457 e. The first kappa shape index (κ1) is 18.2. The lowest BCUT2D eigenvalue weighted by atomic mass is 10.1. The average molecular weight is 373 g/mol. The van der Waals surface area contributed by atoms with Crippen molar-refractivity contribution < 1.29 is 27.5 Å². The number of carbonyl (C=O) groups is 2. The number of fused-ring (bicyclic) bond motifs is 1. The van der Waals surface area contributed by atoms with Gasteiger partial charge in [0.2, 0.25) is 5.91 Å². The molecule has 0 saturated carbocycles. The standard InChI is InChI=1S/C19H13F2NO5/c1-10(23)22-15-2-3-16-12(6-18(24)27-17(16)8-15)9-26-19(25)11-4-13(20)7-14(21)5-11/h2-8H,9H2,1H3,(H,22,23). The quantitative estimate of drug-likeness (QED) is 0.560. The summed E-state index contributed by atoms with van der Waals surface area (Å²) < 4.78 is 36.6. The molecule has 6 nitrogen and oxygen atoms in total. The van der Waals surface area contributed by atoms with Gasteiger partial charge in [-0.05, 0) is 24.3 Å². The van der Waals surface area contributed by atoms with Crippen molar-refractivity contribution in [3.63, 3.8) is 0 Å². The molecular formula is C19H13F2NO5. The Balaban J connectivity index is 1.87. The van der Waals surface area contributed by atoms with Gasteiger partial charge in [0.05, 0.1) is 5.56 Å². The van der Waals surface area contributed by atoms with Crippen LogP contribution in [0.2, 0.25) is 0 Å². The van der Waals surface area contributed by atoms with Crippen molar-refractivity contribution in [3.8, 4) is 0 Å². The van der Waals surface area contributed by atoms with Crippen LogP contribution < -0.4 is 10.9 Å². The molecule has 27 heavy (non-hydrogen) atoms. The van der Waals surface area contributed by atoms with Crippen LogP contribution in [0.1, 0.15) is 22.8 Å². The lowest BCUT2D eigenvalue weighted by Crippen LogP contribution is -2.09. The van der Waals surface area contributed by atoms with Crippen LogP contribution in [0.3, 0.4) is 0 Å². The topological polar surface area (TPSA) is 85.6 Å². The number of anilines is 1. The summed E-state index contributed by atoms with van der Waals surface area (Å²) in [5.74, 6) is -3.04. The van der Waals surface area contributed by atoms with Crippen molar-refractivity contribution in [2.75, 3.05) is 5.32 Å². The Morgan fingerprint density at radius 1 is 1.07 bits per heavy atom. The van der Waals surface area contributed by atoms with Gasteiger partial charge in [0.15, 0.2) is 0 Å². The Morgan fingerprint density at radius 3 is 2.44 bits per heavy atom. The van der Waals surface area contributed by atoms with Gasteiger partial charge in [-0.15, -0.1) is 0 Å². The van der Waals surface area contributed by atoms with E-state index >= 15 is 0 Å². The summed E-state index contributed by atoms with van der Waals surface area (Å²) in [5.41, 5.74) is 0.0121. The fourth-order valence-corrected chi connectivity index (χ4v) is 2.53. The summed E-state index contributed by atoms with van der Waals surface area (Å²) >= 11 is 0. The van der Waals surface area contributed by atoms with Crippen molar-refractivity contribution in [1.29, 1.82) is 0 Å². The van der Waals surface area contributed by atoms with Crippen molar-refractivity contribution in [3.05, 3.63) is 75.6 Å². The molecule has 0 unspecified atom stereocenters. The van der Waals surface area contributed by atoms with Crippen LogP contribution in [0.4, 0.5) is 14.5 Å². The van der Waals surface area contributed by atoms with Crippen molar-refractivity contribution in [2.45, 2.75) is 13.5 Å². The average Bonchev–Trinajstić information content (AvgIpc) is 2.57. The molecule has 138 valence electrons. The monoisotopic (exact) mass is 373 g/mol. The highest BCUT2D eigenvalue weighted by molar-refractivity contribution is 5.92. The van der Waals surface area contributed by atoms with Gasteiger partial charge in [-0.3, -0.25) is 4.79 Å². The minimum Gasteiger partial charge on any atom is -0.457 e. The Hall–Kier alpha value is -3.55. The van der Waals surface area contributed by atoms with E-state index in [2.05, 4.69) is 5.32 Å². The fraction of sp³-hybridized carbons (Fsp3) is 0.105. The number of halogens is 2. The van der Waals surface area contributed by atoms with Crippen molar-refractivity contribution in [1.82, 2.24) is 0 Å². The summed E-state index contributed by atoms with van der Waals surface area (Å²) in [6, 6.07) is 8.14. The molecule has 3 rings (SSSR count). The Labute approximate surface area is 151 Å². The molecule has 0 aliphatic rings. The number of hydrogen-bond donors (Lipinski definition) is 1. The molecule has 0 radical (unpaired) electrons. The number of rotatable bonds is 4. The number of ether oxygens (including phenoxy) is 1. The minimum absolute atomic E-state index is 0.191. The smallest absolute Gasteiger partial charge is 0.338 e. The van der Waals surface area contributed by atoms with Crippen molar-refractivity contribution >= 4 is 28.5 Å². The van der Waals surface area contributed by atoms with Gasteiger partial charge in [0.25, 0.3) is 0 Å². The highest BCUT2D eigenvalue weighted by Crippen LogP contribution is 2.22. The van der Waals surface area contributed by atoms with Crippen LogP contribution in [-0.2, 0) is 16.1 Å². The van der Waals surface area contributed by atoms with E-state index in [1.807, 2.05) is 0 Å². The first-order valence-corrected chi connectivity index (χ1v) is 7.79. The minimum atomic E-state index is -0.940. The Kier molecular flexibility index (Phi) is 4.98. The zero-order valence-electron chi connectivity index (χ0n) is 14.0. The molecule has 0 bridgehead atoms. The summed E-state index contributed by atoms with van der Waals surface area (Å²) in [5, 5.41) is 3.05. The number of hydrogen-bond acceptors (Lipinski definition) is 5. The van der Waals surface area contributed by atoms with E-state index in [0.717, 1.165) is 18.2 Å². The number of nitrogens with one attached hydrogen (secondary N) is 1. The summed E-state index contributed by atoms with van der Waals surface area (Å²) in [6.45, 7) is 1.03. The number of carbonyl (C=O) groups excluding carboxylic acids is 2. The second-order valence-electron chi connectivity index (χ2n) is 5.72. The third kappa shape index (κ3) is 4.35. The summed E-state index contributed by atoms with van der Waals surface area (Å²) in [6.07, 6.45) is 0. The predicted octanol–water partition coefficient (Wildman–Crippen LogP) is 3.39. The highest BCUT2D eigenvalue weighted by Gasteiger charge is 2.13. The van der Waals surface area contributed by atoms with Crippen molar-refractivity contribution in [2.24, 2.45) is 0 Å². The van der Waals surface area contributed by atoms with Gasteiger partial charge >= 0.3 is 11.6 Å². The molecule has 1 aromatic heterocycles. The van der Waals surface area contributed by atoms with Crippen LogP contribution in [0, 0.1) is 11.6 Å². The molecule has 0 spiro atoms. The third-order valence-corrected chi connectivity index (χ3v) is 3.61. The zero-order valence-corrected chi connectivity index (χ0v) is 14.0. The third-order valence-electron chi connectivity index (χ3n) is 3.61. The molecule has 1 heterocycles. The second-order valence-corrected chi connectivity index (χ2v) is 5.72. The summed E-state index contributed by atoms with van der Waals surface area (Å²) in [4.78, 5) is 34.9. The zero-order chi connectivity index (χ0) is 19.6. The molecule has 3 aromatic rings. The molecule has 0 aliphatic heterocycles. The van der Waals surface area contributed by atoms with Gasteiger partial charge in [0, 0.05) is 41.8 Å². The maximum absolute atomic E-state index is 13.2. The van der Waals surface area contributed by atoms with Crippen LogP contribution in [0.15, 0.2) is 51.7 Å². The van der Waals surface area contributed by atoms with Crippen LogP contribution in [-0.4, -0.2) is 11.9 Å². The maximum atomic E-state index is 13.2. The molecular weight excluding hydrogens is 360 g/mol. The van der Waals surface area contributed by atoms with E-state index in [-0.39, 0.29) is 23.7 Å². The summed E-state index contributed by atoms with van der Waals surface area (Å²) in [7, 11) is 0. The van der Waals surface area contributed by atoms with E-state index in [0.29, 0.717) is 22.7 Å². The van der Waals surface area contributed by atoms with E-state index in [1.54, 1.807) is 12.1 Å². The van der Waals surface area contributed by atoms with E-state index < -0.39 is 23.2 Å². The SMILES string of the molecule is CC(=O)Nc1ccc2c(COC(=O)c3cc(F)cc(F)c3)cc(=O)oc2c1. The molecule has 0 saturated heterocycles. The van der Waals surface area contributed by atoms with E-state index in [1.165, 1.54) is 13.0 Å². The highest BCUT2D eigenvalue weighted by atomic mass is 19.1. The maximum Gasteiger partial charge on any atom is 0.338 e. The first-order chi connectivity index (χ1) is 12.8. The van der Waals surface area contributed by atoms with E-state index in [4.69, 9.17) is 9.15 Å². The van der Waals surface area contributed by atoms with Gasteiger partial charge < -0.3 is 14.5 Å². The second kappa shape index (κ2) is 7.36. The molecule has 0 aliphatic carbocycles. The fourth-order valence-electron chi connectivity index (χ4n) is 2.53. The van der Waals surface area contributed by atoms with Crippen LogP contribution >= 0.6 is 0 Å². The van der Waals surface area contributed by atoms with Gasteiger partial charge in [-0.2, -0.15) is 0 Å². The number of esters is 1. The molecule has 1 amide bonds. The van der Waals surface area contributed by atoms with Gasteiger partial charge in [0.1, 0.15) is 23.8 Å². The van der Waals surface area contributed by atoms with E-state index in [9.17, 15) is 23.2 Å².